The van der Waals surface area contributed by atoms with Gasteiger partial charge in [0.15, 0.2) is 0 Å². The molecule has 1 N–H and O–H groups in total. The molecule has 6 nitrogen and oxygen atoms in total. The Hall–Kier alpha value is -2.73. The number of carbonyl (C=O) groups is 1. The van der Waals surface area contributed by atoms with Crippen molar-refractivity contribution in [3.8, 4) is 11.3 Å². The molecular weight excluding hydrogens is 328 g/mol. The molecule has 26 heavy (non-hydrogen) atoms. The van der Waals surface area contributed by atoms with Gasteiger partial charge in [0.1, 0.15) is 0 Å². The molecule has 3 rings (SSSR count). The average molecular weight is 352 g/mol. The van der Waals surface area contributed by atoms with E-state index in [1.165, 1.54) is 0 Å². The molecule has 3 aromatic rings. The van der Waals surface area contributed by atoms with Gasteiger partial charge in [0.05, 0.1) is 22.5 Å². The van der Waals surface area contributed by atoms with Crippen molar-refractivity contribution >= 4 is 16.8 Å². The van der Waals surface area contributed by atoms with Crippen molar-refractivity contribution in [2.75, 3.05) is 20.3 Å². The fourth-order valence-corrected chi connectivity index (χ4v) is 2.95. The summed E-state index contributed by atoms with van der Waals surface area (Å²) in [5, 5.41) is 8.31. The number of hydrogen-bond acceptors (Lipinski definition) is 4. The molecule has 0 unspecified atom stereocenters. The van der Waals surface area contributed by atoms with Crippen LogP contribution in [-0.4, -0.2) is 40.9 Å². The lowest BCUT2D eigenvalue weighted by Gasteiger charge is -2.10. The van der Waals surface area contributed by atoms with Crippen molar-refractivity contribution in [1.82, 2.24) is 20.1 Å². The topological polar surface area (TPSA) is 69.0 Å². The van der Waals surface area contributed by atoms with Gasteiger partial charge in [-0.3, -0.25) is 9.48 Å². The Bertz CT molecular complexity index is 917. The third kappa shape index (κ3) is 3.75. The SMILES string of the molecule is CCn1cc(-c2cc(C(=O)NCCCOC)c3ccccc3n2)c(C)n1. The Morgan fingerprint density at radius 3 is 2.85 bits per heavy atom. The summed E-state index contributed by atoms with van der Waals surface area (Å²) in [5.74, 6) is -0.0958. The summed E-state index contributed by atoms with van der Waals surface area (Å²) < 4.78 is 6.91. The number of pyridine rings is 1. The van der Waals surface area contributed by atoms with Crippen LogP contribution in [0.15, 0.2) is 36.5 Å². The van der Waals surface area contributed by atoms with E-state index in [0.29, 0.717) is 18.7 Å². The summed E-state index contributed by atoms with van der Waals surface area (Å²) in [6.45, 7) is 6.00. The van der Waals surface area contributed by atoms with Crippen LogP contribution in [-0.2, 0) is 11.3 Å². The van der Waals surface area contributed by atoms with E-state index in [9.17, 15) is 4.79 Å². The first-order valence-corrected chi connectivity index (χ1v) is 8.85. The Labute approximate surface area is 153 Å². The van der Waals surface area contributed by atoms with Gasteiger partial charge in [0.25, 0.3) is 5.91 Å². The zero-order valence-corrected chi connectivity index (χ0v) is 15.5. The summed E-state index contributed by atoms with van der Waals surface area (Å²) in [6.07, 6.45) is 2.76. The Balaban J connectivity index is 2.01. The summed E-state index contributed by atoms with van der Waals surface area (Å²) in [5.41, 5.74) is 4.05. The van der Waals surface area contributed by atoms with E-state index < -0.39 is 0 Å². The van der Waals surface area contributed by atoms with Crippen molar-refractivity contribution in [1.29, 1.82) is 0 Å². The first kappa shape index (κ1) is 18.1. The second-order valence-electron chi connectivity index (χ2n) is 6.16. The van der Waals surface area contributed by atoms with E-state index in [1.807, 2.05) is 55.1 Å². The summed E-state index contributed by atoms with van der Waals surface area (Å²) in [4.78, 5) is 17.5. The van der Waals surface area contributed by atoms with Crippen LogP contribution in [0.5, 0.6) is 0 Å². The highest BCUT2D eigenvalue weighted by molar-refractivity contribution is 6.07. The van der Waals surface area contributed by atoms with Gasteiger partial charge in [-0.15, -0.1) is 0 Å². The minimum Gasteiger partial charge on any atom is -0.385 e. The van der Waals surface area contributed by atoms with Gasteiger partial charge < -0.3 is 10.1 Å². The van der Waals surface area contributed by atoms with Gasteiger partial charge in [0.2, 0.25) is 0 Å². The summed E-state index contributed by atoms with van der Waals surface area (Å²) in [6, 6.07) is 9.57. The van der Waals surface area contributed by atoms with Crippen LogP contribution in [0.3, 0.4) is 0 Å². The van der Waals surface area contributed by atoms with Crippen molar-refractivity contribution < 1.29 is 9.53 Å². The lowest BCUT2D eigenvalue weighted by Crippen LogP contribution is -2.25. The number of amides is 1. The molecule has 0 spiro atoms. The van der Waals surface area contributed by atoms with E-state index in [2.05, 4.69) is 10.4 Å². The van der Waals surface area contributed by atoms with Gasteiger partial charge in [-0.25, -0.2) is 4.98 Å². The lowest BCUT2D eigenvalue weighted by molar-refractivity contribution is 0.0950. The smallest absolute Gasteiger partial charge is 0.252 e. The molecule has 0 atom stereocenters. The number of fused-ring (bicyclic) bond motifs is 1. The number of hydrogen-bond donors (Lipinski definition) is 1. The second kappa shape index (κ2) is 8.10. The highest BCUT2D eigenvalue weighted by Gasteiger charge is 2.16. The number of aryl methyl sites for hydroxylation is 2. The van der Waals surface area contributed by atoms with Crippen molar-refractivity contribution in [2.45, 2.75) is 26.8 Å². The van der Waals surface area contributed by atoms with Crippen molar-refractivity contribution in [2.24, 2.45) is 0 Å². The number of rotatable bonds is 7. The molecule has 0 aliphatic rings. The number of para-hydroxylation sites is 1. The molecule has 0 saturated carbocycles. The van der Waals surface area contributed by atoms with Crippen LogP contribution in [0, 0.1) is 6.92 Å². The number of aromatic nitrogens is 3. The first-order chi connectivity index (χ1) is 12.6. The van der Waals surface area contributed by atoms with E-state index in [0.717, 1.165) is 40.8 Å². The predicted molar refractivity (Wildman–Crippen MR) is 102 cm³/mol. The van der Waals surface area contributed by atoms with Crippen LogP contribution >= 0.6 is 0 Å². The van der Waals surface area contributed by atoms with Crippen LogP contribution in [0.2, 0.25) is 0 Å². The van der Waals surface area contributed by atoms with Crippen LogP contribution in [0.25, 0.3) is 22.2 Å². The van der Waals surface area contributed by atoms with Gasteiger partial charge in [-0.2, -0.15) is 5.10 Å². The van der Waals surface area contributed by atoms with Crippen LogP contribution in [0.4, 0.5) is 0 Å². The number of nitrogens with zero attached hydrogens (tertiary/aromatic N) is 3. The number of carbonyl (C=O) groups excluding carboxylic acids is 1. The monoisotopic (exact) mass is 352 g/mol. The van der Waals surface area contributed by atoms with Crippen LogP contribution in [0.1, 0.15) is 29.4 Å². The molecular formula is C20H24N4O2. The maximum Gasteiger partial charge on any atom is 0.252 e. The van der Waals surface area contributed by atoms with Gasteiger partial charge in [0, 0.05) is 44.0 Å². The lowest BCUT2D eigenvalue weighted by atomic mass is 10.0. The number of methoxy groups -OCH3 is 1. The second-order valence-corrected chi connectivity index (χ2v) is 6.16. The molecule has 1 amide bonds. The fraction of sp³-hybridized carbons (Fsp3) is 0.350. The molecule has 0 radical (unpaired) electrons. The predicted octanol–water partition coefficient (Wildman–Crippen LogP) is 3.19. The van der Waals surface area contributed by atoms with Crippen LogP contribution < -0.4 is 5.32 Å². The van der Waals surface area contributed by atoms with E-state index in [1.54, 1.807) is 7.11 Å². The molecule has 0 fully saturated rings. The molecule has 6 heteroatoms. The summed E-state index contributed by atoms with van der Waals surface area (Å²) in [7, 11) is 1.66. The first-order valence-electron chi connectivity index (χ1n) is 8.85. The Kier molecular flexibility index (Phi) is 5.63. The van der Waals surface area contributed by atoms with Gasteiger partial charge in [-0.1, -0.05) is 18.2 Å². The van der Waals surface area contributed by atoms with Crippen molar-refractivity contribution in [3.05, 3.63) is 47.8 Å². The van der Waals surface area contributed by atoms with Gasteiger partial charge >= 0.3 is 0 Å². The average Bonchev–Trinajstić information content (AvgIpc) is 3.05. The largest absolute Gasteiger partial charge is 0.385 e. The Morgan fingerprint density at radius 1 is 1.31 bits per heavy atom. The molecule has 2 heterocycles. The molecule has 0 saturated heterocycles. The Morgan fingerprint density at radius 2 is 2.12 bits per heavy atom. The minimum absolute atomic E-state index is 0.0958. The molecule has 0 bridgehead atoms. The normalized spacial score (nSPS) is 11.0. The molecule has 1 aromatic carbocycles. The third-order valence-electron chi connectivity index (χ3n) is 4.32. The highest BCUT2D eigenvalue weighted by Crippen LogP contribution is 2.26. The van der Waals surface area contributed by atoms with E-state index in [-0.39, 0.29) is 5.91 Å². The number of benzene rings is 1. The third-order valence-corrected chi connectivity index (χ3v) is 4.32. The number of nitrogens with one attached hydrogen (secondary N) is 1. The zero-order chi connectivity index (χ0) is 18.5. The quantitative estimate of drug-likeness (QED) is 0.663. The highest BCUT2D eigenvalue weighted by atomic mass is 16.5. The maximum absolute atomic E-state index is 12.8. The summed E-state index contributed by atoms with van der Waals surface area (Å²) >= 11 is 0. The standard InChI is InChI=1S/C20H24N4O2/c1-4-24-13-17(14(2)23-24)19-12-16(20(25)21-10-7-11-26-3)15-8-5-6-9-18(15)22-19/h5-6,8-9,12-13H,4,7,10-11H2,1-3H3,(H,21,25). The molecule has 2 aromatic heterocycles. The number of ether oxygens (including phenoxy) is 1. The maximum atomic E-state index is 12.8. The minimum atomic E-state index is -0.0958. The molecule has 0 aliphatic carbocycles. The zero-order valence-electron chi connectivity index (χ0n) is 15.5. The van der Waals surface area contributed by atoms with E-state index in [4.69, 9.17) is 9.72 Å². The molecule has 0 aliphatic heterocycles. The van der Waals surface area contributed by atoms with Crippen molar-refractivity contribution in [3.63, 3.8) is 0 Å². The fourth-order valence-electron chi connectivity index (χ4n) is 2.95. The molecule has 136 valence electrons. The van der Waals surface area contributed by atoms with Gasteiger partial charge in [-0.05, 0) is 32.4 Å². The van der Waals surface area contributed by atoms with E-state index >= 15 is 0 Å².